The molecule has 0 spiro atoms. The topological polar surface area (TPSA) is 150 Å². The van der Waals surface area contributed by atoms with Crippen LogP contribution in [0.5, 0.6) is 0 Å². The van der Waals surface area contributed by atoms with Crippen molar-refractivity contribution in [2.24, 2.45) is 50.2 Å². The smallest absolute Gasteiger partial charge is 0.313 e. The van der Waals surface area contributed by atoms with Gasteiger partial charge in [0.05, 0.1) is 11.5 Å². The number of benzene rings is 2. The third-order valence-corrected chi connectivity index (χ3v) is 18.7. The highest BCUT2D eigenvalue weighted by Crippen LogP contribution is 2.76. The Morgan fingerprint density at radius 2 is 1.23 bits per heavy atom. The van der Waals surface area contributed by atoms with Crippen LogP contribution in [-0.2, 0) is 57.1 Å². The van der Waals surface area contributed by atoms with E-state index in [0.717, 1.165) is 68.9 Å². The van der Waals surface area contributed by atoms with Crippen LogP contribution in [0.2, 0.25) is 0 Å². The molecule has 1 aliphatic heterocycles. The first-order valence-electron chi connectivity index (χ1n) is 25.4. The number of allylic oxidation sites excluding steroid dienone is 2. The molecule has 2 aromatic carbocycles. The summed E-state index contributed by atoms with van der Waals surface area (Å²) in [6.07, 6.45) is 4.44. The molecule has 0 N–H and O–H groups in total. The molecular formula is C57H76O12. The van der Waals surface area contributed by atoms with Gasteiger partial charge in [-0.2, -0.15) is 0 Å². The molecule has 5 fully saturated rings. The van der Waals surface area contributed by atoms with E-state index in [0.29, 0.717) is 12.3 Å². The lowest BCUT2D eigenvalue weighted by Gasteiger charge is -2.71. The van der Waals surface area contributed by atoms with Gasteiger partial charge in [-0.3, -0.25) is 24.0 Å². The summed E-state index contributed by atoms with van der Waals surface area (Å²) in [6.45, 7) is 21.5. The molecule has 0 amide bonds. The van der Waals surface area contributed by atoms with Gasteiger partial charge >= 0.3 is 29.8 Å². The largest absolute Gasteiger partial charge is 0.463 e. The Bertz CT molecular complexity index is 2250. The molecule has 4 saturated carbocycles. The number of rotatable bonds is 11. The van der Waals surface area contributed by atoms with Crippen molar-refractivity contribution in [3.8, 4) is 0 Å². The maximum Gasteiger partial charge on any atom is 0.313 e. The second-order valence-corrected chi connectivity index (χ2v) is 23.5. The average Bonchev–Trinajstić information content (AvgIpc) is 3.27. The first-order chi connectivity index (χ1) is 32.5. The van der Waals surface area contributed by atoms with Crippen LogP contribution in [0.4, 0.5) is 0 Å². The number of fused-ring (bicyclic) bond motifs is 7. The quantitative estimate of drug-likeness (QED) is 0.0913. The van der Waals surface area contributed by atoms with E-state index in [1.165, 1.54) is 33.3 Å². The number of hydrogen-bond donors (Lipinski definition) is 0. The highest BCUT2D eigenvalue weighted by Gasteiger charge is 2.70. The number of ether oxygens (including phenoxy) is 7. The zero-order valence-electron chi connectivity index (χ0n) is 42.8. The van der Waals surface area contributed by atoms with E-state index in [4.69, 9.17) is 33.2 Å². The fourth-order valence-electron chi connectivity index (χ4n) is 15.1. The molecule has 69 heavy (non-hydrogen) atoms. The van der Waals surface area contributed by atoms with Gasteiger partial charge in [0, 0.05) is 27.7 Å². The Labute approximate surface area is 409 Å². The molecular weight excluding hydrogens is 877 g/mol. The Balaban J connectivity index is 1.08. The van der Waals surface area contributed by atoms with Gasteiger partial charge in [-0.1, -0.05) is 121 Å². The fraction of sp³-hybridized carbons (Fsp3) is 0.667. The maximum atomic E-state index is 15.3. The van der Waals surface area contributed by atoms with Gasteiger partial charge < -0.3 is 33.2 Å². The zero-order chi connectivity index (χ0) is 49.9. The van der Waals surface area contributed by atoms with Gasteiger partial charge in [0.1, 0.15) is 12.7 Å². The average molecular weight is 953 g/mol. The van der Waals surface area contributed by atoms with Crippen molar-refractivity contribution in [2.45, 2.75) is 183 Å². The van der Waals surface area contributed by atoms with Crippen LogP contribution >= 0.6 is 0 Å². The van der Waals surface area contributed by atoms with Crippen LogP contribution in [0.25, 0.3) is 0 Å². The molecule has 8 rings (SSSR count). The summed E-state index contributed by atoms with van der Waals surface area (Å²) in [7, 11) is 0. The van der Waals surface area contributed by atoms with Crippen molar-refractivity contribution in [1.82, 2.24) is 0 Å². The maximum absolute atomic E-state index is 15.3. The molecule has 6 aliphatic rings. The summed E-state index contributed by atoms with van der Waals surface area (Å²) in [6, 6.07) is 20.3. The van der Waals surface area contributed by atoms with Crippen LogP contribution in [0.15, 0.2) is 72.3 Å². The third-order valence-electron chi connectivity index (χ3n) is 18.7. The van der Waals surface area contributed by atoms with Crippen LogP contribution in [0.3, 0.4) is 0 Å². The van der Waals surface area contributed by atoms with E-state index in [1.54, 1.807) is 0 Å². The normalized spacial score (nSPS) is 37.5. The predicted molar refractivity (Wildman–Crippen MR) is 257 cm³/mol. The van der Waals surface area contributed by atoms with Gasteiger partial charge in [-0.15, -0.1) is 0 Å². The van der Waals surface area contributed by atoms with Crippen molar-refractivity contribution >= 4 is 29.8 Å². The number of esters is 5. The van der Waals surface area contributed by atoms with E-state index in [9.17, 15) is 19.2 Å². The Morgan fingerprint density at radius 3 is 1.83 bits per heavy atom. The molecule has 0 radical (unpaired) electrons. The molecule has 0 unspecified atom stereocenters. The molecule has 5 aliphatic carbocycles. The zero-order valence-corrected chi connectivity index (χ0v) is 42.8. The predicted octanol–water partition coefficient (Wildman–Crippen LogP) is 10.6. The molecule has 2 aromatic rings. The summed E-state index contributed by atoms with van der Waals surface area (Å²) in [5.74, 6) is -1.99. The molecule has 1 heterocycles. The molecule has 1 saturated heterocycles. The SMILES string of the molecule is CC(=O)OC[C@H]1O[C@@H](O[C@H]2CC[C@]3(C)[C@H]4CC=C5[C@@H]6CC(C)(C)CC[C@]6(C(=O)OC(c6ccccc6)c6ccccc6)CC[C@@]5(C)[C@]4(C)CC[C@H]3C2(C)C)[C@H](OC(C)=O)[C@@H](OC(C)=O)[C@@H]1OC(C)=O. The fourth-order valence-corrected chi connectivity index (χ4v) is 15.1. The first kappa shape index (κ1) is 50.8. The second kappa shape index (κ2) is 18.9. The molecule has 12 heteroatoms. The van der Waals surface area contributed by atoms with Gasteiger partial charge in [-0.25, -0.2) is 0 Å². The van der Waals surface area contributed by atoms with Gasteiger partial charge in [0.2, 0.25) is 0 Å². The van der Waals surface area contributed by atoms with E-state index < -0.39 is 71.5 Å². The van der Waals surface area contributed by atoms with Crippen LogP contribution in [0, 0.1) is 50.2 Å². The second-order valence-electron chi connectivity index (χ2n) is 23.5. The van der Waals surface area contributed by atoms with E-state index >= 15 is 4.79 Å². The third kappa shape index (κ3) is 9.19. The summed E-state index contributed by atoms with van der Waals surface area (Å²) < 4.78 is 42.8. The lowest BCUT2D eigenvalue weighted by molar-refractivity contribution is -0.333. The van der Waals surface area contributed by atoms with E-state index in [1.807, 2.05) is 36.4 Å². The first-order valence-corrected chi connectivity index (χ1v) is 25.4. The standard InChI is InChI=1S/C57H76O12/c1-34(58)63-33-42-47(64-35(2)59)48(65-36(3)60)49(66-37(4)61)50(67-42)68-45-25-26-54(9)43(53(45,7)8)24-27-56(11)44(54)23-22-40-41-32-52(5,6)28-30-57(41,31-29-55(40,56)10)51(62)69-46(38-18-14-12-15-19-38)39-20-16-13-17-21-39/h12-22,41-50H,23-33H2,1-11H3/t41-,42+,43-,44+,45-,47+,48-,49+,50-,54-,55+,56+,57-/m0/s1. The minimum Gasteiger partial charge on any atom is -0.463 e. The van der Waals surface area contributed by atoms with Crippen LogP contribution < -0.4 is 0 Å². The van der Waals surface area contributed by atoms with Gasteiger partial charge in [-0.05, 0) is 120 Å². The monoisotopic (exact) mass is 953 g/mol. The summed E-state index contributed by atoms with van der Waals surface area (Å²) in [4.78, 5) is 64.9. The van der Waals surface area contributed by atoms with Crippen molar-refractivity contribution in [3.05, 3.63) is 83.4 Å². The Hall–Kier alpha value is -4.55. The molecule has 376 valence electrons. The molecule has 0 bridgehead atoms. The van der Waals surface area contributed by atoms with Gasteiger partial charge in [0.15, 0.2) is 30.7 Å². The summed E-state index contributed by atoms with van der Waals surface area (Å²) in [5.41, 5.74) is 2.24. The van der Waals surface area contributed by atoms with Gasteiger partial charge in [0.25, 0.3) is 0 Å². The Kier molecular flexibility index (Phi) is 13.9. The minimum atomic E-state index is -1.30. The lowest BCUT2D eigenvalue weighted by atomic mass is 9.33. The van der Waals surface area contributed by atoms with Crippen molar-refractivity contribution in [3.63, 3.8) is 0 Å². The highest BCUT2D eigenvalue weighted by atomic mass is 16.7. The Morgan fingerprint density at radius 1 is 0.652 bits per heavy atom. The van der Waals surface area contributed by atoms with Crippen molar-refractivity contribution < 1.29 is 57.1 Å². The lowest BCUT2D eigenvalue weighted by Crippen LogP contribution is -2.66. The van der Waals surface area contributed by atoms with Crippen molar-refractivity contribution in [1.29, 1.82) is 0 Å². The molecule has 0 aromatic heterocycles. The molecule has 13 atom stereocenters. The van der Waals surface area contributed by atoms with Crippen LogP contribution in [0.1, 0.15) is 158 Å². The van der Waals surface area contributed by atoms with E-state index in [2.05, 4.69) is 78.8 Å². The van der Waals surface area contributed by atoms with E-state index in [-0.39, 0.29) is 52.2 Å². The number of carbonyl (C=O) groups excluding carboxylic acids is 5. The van der Waals surface area contributed by atoms with Crippen molar-refractivity contribution in [2.75, 3.05) is 6.61 Å². The summed E-state index contributed by atoms with van der Waals surface area (Å²) in [5, 5.41) is 0. The highest BCUT2D eigenvalue weighted by molar-refractivity contribution is 5.79. The molecule has 12 nitrogen and oxygen atoms in total. The number of carbonyl (C=O) groups is 5. The van der Waals surface area contributed by atoms with Crippen LogP contribution in [-0.4, -0.2) is 73.3 Å². The summed E-state index contributed by atoms with van der Waals surface area (Å²) >= 11 is 0. The number of hydrogen-bond acceptors (Lipinski definition) is 12. The minimum absolute atomic E-state index is 0.0415.